The Morgan fingerprint density at radius 1 is 1.15 bits per heavy atom. The predicted octanol–water partition coefficient (Wildman–Crippen LogP) is 2.72. The molecule has 8 heteroatoms. The molecular weight excluding hydrogens is 360 g/mol. The third-order valence-electron chi connectivity index (χ3n) is 3.71. The molecule has 4 amide bonds. The van der Waals surface area contributed by atoms with Gasteiger partial charge in [-0.1, -0.05) is 17.7 Å². The van der Waals surface area contributed by atoms with Crippen molar-refractivity contribution < 1.29 is 24.2 Å². The third-order valence-corrected chi connectivity index (χ3v) is 3.94. The minimum Gasteiger partial charge on any atom is -0.507 e. The van der Waals surface area contributed by atoms with E-state index in [0.717, 1.165) is 4.90 Å². The van der Waals surface area contributed by atoms with E-state index < -0.39 is 17.8 Å². The van der Waals surface area contributed by atoms with Crippen molar-refractivity contribution in [3.8, 4) is 11.5 Å². The normalized spacial score (nSPS) is 16.0. The maximum Gasteiger partial charge on any atom is 0.335 e. The summed E-state index contributed by atoms with van der Waals surface area (Å²) >= 11 is 5.91. The molecule has 3 rings (SSSR count). The molecule has 2 aromatic rings. The van der Waals surface area contributed by atoms with Gasteiger partial charge in [-0.05, 0) is 36.4 Å². The minimum atomic E-state index is -0.877. The minimum absolute atomic E-state index is 0.177. The molecular formula is C18H13ClN2O5. The second kappa shape index (κ2) is 6.89. The van der Waals surface area contributed by atoms with Crippen molar-refractivity contribution in [1.29, 1.82) is 0 Å². The van der Waals surface area contributed by atoms with E-state index in [-0.39, 0.29) is 22.6 Å². The molecule has 0 spiro atoms. The lowest BCUT2D eigenvalue weighted by atomic mass is 10.1. The number of imide groups is 2. The van der Waals surface area contributed by atoms with Crippen LogP contribution in [0.1, 0.15) is 5.56 Å². The standard InChI is InChI=1S/C18H13ClN2O5/c1-26-13-6-5-10(15(22)9-13)7-14-16(23)20-18(25)21(17(14)24)12-4-2-3-11(19)8-12/h2-9,22H,1H3,(H,20,23,25)/b14-7+. The van der Waals surface area contributed by atoms with Gasteiger partial charge >= 0.3 is 6.03 Å². The highest BCUT2D eigenvalue weighted by molar-refractivity contribution is 6.39. The van der Waals surface area contributed by atoms with Crippen LogP contribution in [0.15, 0.2) is 48.0 Å². The number of phenolic OH excluding ortho intramolecular Hbond substituents is 1. The molecule has 0 bridgehead atoms. The lowest BCUT2D eigenvalue weighted by Crippen LogP contribution is -2.54. The summed E-state index contributed by atoms with van der Waals surface area (Å²) in [7, 11) is 1.44. The van der Waals surface area contributed by atoms with Gasteiger partial charge in [0, 0.05) is 16.7 Å². The van der Waals surface area contributed by atoms with Crippen LogP contribution >= 0.6 is 11.6 Å². The van der Waals surface area contributed by atoms with Gasteiger partial charge in [0.2, 0.25) is 0 Å². The maximum absolute atomic E-state index is 12.7. The average molecular weight is 373 g/mol. The van der Waals surface area contributed by atoms with Crippen LogP contribution < -0.4 is 15.0 Å². The van der Waals surface area contributed by atoms with E-state index in [1.54, 1.807) is 18.2 Å². The van der Waals surface area contributed by atoms with Gasteiger partial charge < -0.3 is 9.84 Å². The van der Waals surface area contributed by atoms with Crippen molar-refractivity contribution in [3.63, 3.8) is 0 Å². The van der Waals surface area contributed by atoms with Crippen LogP contribution in [-0.4, -0.2) is 30.1 Å². The SMILES string of the molecule is COc1ccc(/C=C2\C(=O)NC(=O)N(c3cccc(Cl)c3)C2=O)c(O)c1. The Balaban J connectivity index is 2.03. The number of barbiturate groups is 1. The first-order chi connectivity index (χ1) is 12.4. The monoisotopic (exact) mass is 372 g/mol. The summed E-state index contributed by atoms with van der Waals surface area (Å²) in [6, 6.07) is 9.63. The molecule has 1 heterocycles. The van der Waals surface area contributed by atoms with Crippen molar-refractivity contribution in [3.05, 3.63) is 58.6 Å². The van der Waals surface area contributed by atoms with Crippen LogP contribution in [0, 0.1) is 0 Å². The summed E-state index contributed by atoms with van der Waals surface area (Å²) in [5.74, 6) is -1.44. The van der Waals surface area contributed by atoms with Crippen molar-refractivity contribution in [2.24, 2.45) is 0 Å². The van der Waals surface area contributed by atoms with Crippen LogP contribution in [0.25, 0.3) is 6.08 Å². The van der Waals surface area contributed by atoms with Crippen LogP contribution in [-0.2, 0) is 9.59 Å². The number of rotatable bonds is 3. The molecule has 26 heavy (non-hydrogen) atoms. The fourth-order valence-corrected chi connectivity index (χ4v) is 2.62. The first kappa shape index (κ1) is 17.5. The van der Waals surface area contributed by atoms with Crippen molar-refractivity contribution in [2.75, 3.05) is 12.0 Å². The van der Waals surface area contributed by atoms with E-state index in [0.29, 0.717) is 10.8 Å². The maximum atomic E-state index is 12.7. The predicted molar refractivity (Wildman–Crippen MR) is 95.1 cm³/mol. The van der Waals surface area contributed by atoms with Gasteiger partial charge in [0.05, 0.1) is 12.8 Å². The molecule has 0 unspecified atom stereocenters. The van der Waals surface area contributed by atoms with E-state index in [9.17, 15) is 19.5 Å². The number of carbonyl (C=O) groups is 3. The molecule has 0 aliphatic carbocycles. The summed E-state index contributed by atoms with van der Waals surface area (Å²) in [5, 5.41) is 12.5. The Hall–Kier alpha value is -3.32. The van der Waals surface area contributed by atoms with Crippen LogP contribution in [0.5, 0.6) is 11.5 Å². The number of benzene rings is 2. The van der Waals surface area contributed by atoms with E-state index >= 15 is 0 Å². The molecule has 0 atom stereocenters. The Kier molecular flexibility index (Phi) is 4.64. The van der Waals surface area contributed by atoms with Gasteiger partial charge in [0.25, 0.3) is 11.8 Å². The first-order valence-corrected chi connectivity index (χ1v) is 7.82. The molecule has 0 saturated carbocycles. The number of anilines is 1. The fourth-order valence-electron chi connectivity index (χ4n) is 2.44. The summed E-state index contributed by atoms with van der Waals surface area (Å²) < 4.78 is 4.99. The van der Waals surface area contributed by atoms with Crippen molar-refractivity contribution in [1.82, 2.24) is 5.32 Å². The van der Waals surface area contributed by atoms with Gasteiger partial charge in [-0.3, -0.25) is 14.9 Å². The summed E-state index contributed by atoms with van der Waals surface area (Å²) in [5.41, 5.74) is 0.145. The summed E-state index contributed by atoms with van der Waals surface area (Å²) in [6.45, 7) is 0. The van der Waals surface area contributed by atoms with Gasteiger partial charge in [-0.15, -0.1) is 0 Å². The van der Waals surface area contributed by atoms with Gasteiger partial charge in [0.1, 0.15) is 17.1 Å². The van der Waals surface area contributed by atoms with Crippen LogP contribution in [0.2, 0.25) is 5.02 Å². The lowest BCUT2D eigenvalue weighted by molar-refractivity contribution is -0.122. The largest absolute Gasteiger partial charge is 0.507 e. The smallest absolute Gasteiger partial charge is 0.335 e. The number of nitrogens with one attached hydrogen (secondary N) is 1. The Bertz CT molecular complexity index is 954. The first-order valence-electron chi connectivity index (χ1n) is 7.44. The highest BCUT2D eigenvalue weighted by atomic mass is 35.5. The van der Waals surface area contributed by atoms with Crippen molar-refractivity contribution >= 4 is 41.2 Å². The molecule has 2 N–H and O–H groups in total. The average Bonchev–Trinajstić information content (AvgIpc) is 2.59. The highest BCUT2D eigenvalue weighted by Gasteiger charge is 2.37. The molecule has 7 nitrogen and oxygen atoms in total. The van der Waals surface area contributed by atoms with Crippen LogP contribution in [0.3, 0.4) is 0 Å². The second-order valence-corrected chi connectivity index (χ2v) is 5.80. The van der Waals surface area contributed by atoms with Crippen molar-refractivity contribution in [2.45, 2.75) is 0 Å². The summed E-state index contributed by atoms with van der Waals surface area (Å²) in [4.78, 5) is 37.8. The van der Waals surface area contributed by atoms with E-state index in [1.807, 2.05) is 0 Å². The molecule has 132 valence electrons. The lowest BCUT2D eigenvalue weighted by Gasteiger charge is -2.26. The van der Waals surface area contributed by atoms with E-state index in [4.69, 9.17) is 16.3 Å². The number of hydrogen-bond donors (Lipinski definition) is 2. The Morgan fingerprint density at radius 3 is 2.58 bits per heavy atom. The molecule has 0 aromatic heterocycles. The number of halogens is 1. The third kappa shape index (κ3) is 3.25. The quantitative estimate of drug-likeness (QED) is 0.638. The molecule has 1 aliphatic rings. The van der Waals surface area contributed by atoms with Gasteiger partial charge in [-0.25, -0.2) is 9.69 Å². The number of methoxy groups -OCH3 is 1. The molecule has 1 fully saturated rings. The zero-order chi connectivity index (χ0) is 18.8. The Labute approximate surface area is 153 Å². The number of carbonyl (C=O) groups excluding carboxylic acids is 3. The number of ether oxygens (including phenoxy) is 1. The number of aromatic hydroxyl groups is 1. The fraction of sp³-hybridized carbons (Fsp3) is 0.0556. The van der Waals surface area contributed by atoms with E-state index in [2.05, 4.69) is 5.32 Å². The molecule has 2 aromatic carbocycles. The number of nitrogens with zero attached hydrogens (tertiary/aromatic N) is 1. The summed E-state index contributed by atoms with van der Waals surface area (Å²) in [6.07, 6.45) is 1.20. The van der Waals surface area contributed by atoms with Gasteiger partial charge in [0.15, 0.2) is 0 Å². The number of phenols is 1. The Morgan fingerprint density at radius 2 is 1.92 bits per heavy atom. The number of hydrogen-bond acceptors (Lipinski definition) is 5. The highest BCUT2D eigenvalue weighted by Crippen LogP contribution is 2.28. The molecule has 1 saturated heterocycles. The molecule has 0 radical (unpaired) electrons. The zero-order valence-corrected chi connectivity index (χ0v) is 14.3. The van der Waals surface area contributed by atoms with E-state index in [1.165, 1.54) is 37.5 Å². The zero-order valence-electron chi connectivity index (χ0n) is 13.5. The number of amides is 4. The number of urea groups is 1. The van der Waals surface area contributed by atoms with Gasteiger partial charge in [-0.2, -0.15) is 0 Å². The van der Waals surface area contributed by atoms with Crippen LogP contribution in [0.4, 0.5) is 10.5 Å². The topological polar surface area (TPSA) is 95.9 Å². The second-order valence-electron chi connectivity index (χ2n) is 5.36. The molecule has 1 aliphatic heterocycles.